The van der Waals surface area contributed by atoms with Gasteiger partial charge in [-0.05, 0) is 44.0 Å². The highest BCUT2D eigenvalue weighted by Gasteiger charge is 2.22. The van der Waals surface area contributed by atoms with Crippen LogP contribution in [0.4, 0.5) is 13.2 Å². The second kappa shape index (κ2) is 6.31. The first-order valence-electron chi connectivity index (χ1n) is 6.73. The first kappa shape index (κ1) is 14.9. The molecule has 1 aliphatic heterocycles. The number of fused-ring (bicyclic) bond motifs is 1. The van der Waals surface area contributed by atoms with Gasteiger partial charge in [0.05, 0.1) is 7.18 Å². The van der Waals surface area contributed by atoms with Crippen LogP contribution in [0.5, 0.6) is 0 Å². The third-order valence-corrected chi connectivity index (χ3v) is 3.85. The summed E-state index contributed by atoms with van der Waals surface area (Å²) < 4.78 is 36.6. The Morgan fingerprint density at radius 2 is 1.95 bits per heavy atom. The van der Waals surface area contributed by atoms with Gasteiger partial charge in [0.1, 0.15) is 0 Å². The number of aromatic amines is 1. The molecule has 0 bridgehead atoms. The number of alkyl halides is 1. The van der Waals surface area contributed by atoms with E-state index in [2.05, 4.69) is 10.3 Å². The molecule has 1 atom stereocenters. The fourth-order valence-corrected chi connectivity index (χ4v) is 2.90. The van der Waals surface area contributed by atoms with Crippen molar-refractivity contribution in [2.75, 3.05) is 20.3 Å². The van der Waals surface area contributed by atoms with Crippen LogP contribution in [0.1, 0.15) is 30.0 Å². The number of hydrogen-bond donors (Lipinski definition) is 2. The van der Waals surface area contributed by atoms with Crippen LogP contribution in [0.3, 0.4) is 0 Å². The lowest BCUT2D eigenvalue weighted by atomic mass is 9.93. The molecule has 2 N–H and O–H groups in total. The molecule has 1 unspecified atom stereocenters. The maximum atomic E-state index is 13.8. The summed E-state index contributed by atoms with van der Waals surface area (Å²) in [4.78, 5) is 3.25. The molecule has 1 aromatic carbocycles. The molecule has 2 heterocycles. The van der Waals surface area contributed by atoms with Gasteiger partial charge in [-0.1, -0.05) is 0 Å². The van der Waals surface area contributed by atoms with E-state index in [1.807, 2.05) is 6.92 Å². The number of piperidine rings is 1. The van der Waals surface area contributed by atoms with E-state index in [0.29, 0.717) is 24.0 Å². The molecule has 0 amide bonds. The van der Waals surface area contributed by atoms with E-state index in [9.17, 15) is 13.2 Å². The predicted octanol–water partition coefficient (Wildman–Crippen LogP) is 3.81. The molecule has 0 aliphatic carbocycles. The normalized spacial score (nSPS) is 18.8. The second-order valence-electron chi connectivity index (χ2n) is 4.99. The van der Waals surface area contributed by atoms with Crippen LogP contribution >= 0.6 is 0 Å². The highest BCUT2D eigenvalue weighted by molar-refractivity contribution is 5.85. The number of benzene rings is 1. The van der Waals surface area contributed by atoms with Gasteiger partial charge in [-0.3, -0.25) is 4.39 Å². The summed E-state index contributed by atoms with van der Waals surface area (Å²) in [5, 5.41) is 3.74. The van der Waals surface area contributed by atoms with Crippen LogP contribution in [0.2, 0.25) is 0 Å². The molecule has 1 aliphatic rings. The Bertz CT molecular complexity index is 586. The number of nitrogens with one attached hydrogen (secondary N) is 2. The topological polar surface area (TPSA) is 27.8 Å². The van der Waals surface area contributed by atoms with E-state index in [0.717, 1.165) is 37.2 Å². The van der Waals surface area contributed by atoms with Crippen LogP contribution in [0.25, 0.3) is 10.9 Å². The fraction of sp³-hybridized carbons (Fsp3) is 0.467. The van der Waals surface area contributed by atoms with Crippen molar-refractivity contribution in [1.29, 1.82) is 0 Å². The number of H-pyrrole nitrogens is 1. The zero-order valence-electron chi connectivity index (χ0n) is 11.7. The minimum Gasteiger partial charge on any atom is -0.358 e. The number of aryl methyl sites for hydroxylation is 1. The molecule has 110 valence electrons. The van der Waals surface area contributed by atoms with Gasteiger partial charge in [0.2, 0.25) is 0 Å². The van der Waals surface area contributed by atoms with Gasteiger partial charge in [-0.2, -0.15) is 0 Å². The molecule has 3 rings (SSSR count). The third kappa shape index (κ3) is 2.54. The van der Waals surface area contributed by atoms with Gasteiger partial charge in [-0.15, -0.1) is 0 Å². The van der Waals surface area contributed by atoms with Gasteiger partial charge < -0.3 is 10.3 Å². The summed E-state index contributed by atoms with van der Waals surface area (Å²) in [6, 6.07) is 2.79. The summed E-state index contributed by atoms with van der Waals surface area (Å²) in [5.41, 5.74) is 2.57. The number of hydrogen-bond acceptors (Lipinski definition) is 1. The minimum atomic E-state index is -0.780. The lowest BCUT2D eigenvalue weighted by Gasteiger charge is -2.22. The van der Waals surface area contributed by atoms with E-state index in [4.69, 9.17) is 0 Å². The summed E-state index contributed by atoms with van der Waals surface area (Å²) >= 11 is 0. The van der Waals surface area contributed by atoms with Crippen molar-refractivity contribution in [1.82, 2.24) is 10.3 Å². The van der Waals surface area contributed by atoms with Crippen LogP contribution in [-0.4, -0.2) is 25.3 Å². The predicted molar refractivity (Wildman–Crippen MR) is 74.8 cm³/mol. The SMILES string of the molecule is CF.Cc1c(C2CCCNC2)[nH]c2ccc(F)c(F)c12. The standard InChI is InChI=1S/C14H16F2N2.CH3F/c1-8-12-11(5-4-10(15)13(12)16)18-14(8)9-3-2-6-17-7-9;1-2/h4-5,9,17-18H,2-3,6-7H2,1H3;1H3. The zero-order valence-corrected chi connectivity index (χ0v) is 11.7. The van der Waals surface area contributed by atoms with Crippen molar-refractivity contribution in [3.05, 3.63) is 35.0 Å². The quantitative estimate of drug-likeness (QED) is 0.819. The molecule has 0 saturated carbocycles. The lowest BCUT2D eigenvalue weighted by molar-refractivity contribution is 0.455. The highest BCUT2D eigenvalue weighted by atomic mass is 19.2. The molecule has 2 nitrogen and oxygen atoms in total. The average molecular weight is 284 g/mol. The maximum Gasteiger partial charge on any atom is 0.168 e. The summed E-state index contributed by atoms with van der Waals surface area (Å²) in [5.74, 6) is -1.15. The largest absolute Gasteiger partial charge is 0.358 e. The van der Waals surface area contributed by atoms with Crippen molar-refractivity contribution in [3.8, 4) is 0 Å². The Morgan fingerprint density at radius 1 is 1.20 bits per heavy atom. The molecule has 20 heavy (non-hydrogen) atoms. The second-order valence-corrected chi connectivity index (χ2v) is 4.99. The Labute approximate surface area is 116 Å². The third-order valence-electron chi connectivity index (χ3n) is 3.85. The molecule has 1 aromatic heterocycles. The zero-order chi connectivity index (χ0) is 14.7. The molecule has 0 spiro atoms. The first-order valence-corrected chi connectivity index (χ1v) is 6.73. The molecule has 1 fully saturated rings. The Morgan fingerprint density at radius 3 is 2.60 bits per heavy atom. The Balaban J connectivity index is 0.000000704. The first-order chi connectivity index (χ1) is 9.68. The molecule has 5 heteroatoms. The minimum absolute atomic E-state index is 0.369. The highest BCUT2D eigenvalue weighted by Crippen LogP contribution is 2.32. The molecule has 2 aromatic rings. The lowest BCUT2D eigenvalue weighted by Crippen LogP contribution is -2.28. The number of aromatic nitrogens is 1. The van der Waals surface area contributed by atoms with Crippen LogP contribution in [-0.2, 0) is 0 Å². The van der Waals surface area contributed by atoms with Gasteiger partial charge in [0, 0.05) is 29.1 Å². The van der Waals surface area contributed by atoms with E-state index < -0.39 is 11.6 Å². The van der Waals surface area contributed by atoms with Gasteiger partial charge in [0.15, 0.2) is 11.6 Å². The number of halogens is 3. The Kier molecular flexibility index (Phi) is 4.70. The van der Waals surface area contributed by atoms with Crippen molar-refractivity contribution in [3.63, 3.8) is 0 Å². The van der Waals surface area contributed by atoms with Crippen LogP contribution in [0.15, 0.2) is 12.1 Å². The van der Waals surface area contributed by atoms with Gasteiger partial charge in [-0.25, -0.2) is 8.78 Å². The van der Waals surface area contributed by atoms with E-state index in [1.165, 1.54) is 6.07 Å². The van der Waals surface area contributed by atoms with Gasteiger partial charge >= 0.3 is 0 Å². The molecule has 0 radical (unpaired) electrons. The van der Waals surface area contributed by atoms with E-state index in [1.54, 1.807) is 6.07 Å². The fourth-order valence-electron chi connectivity index (χ4n) is 2.90. The van der Waals surface area contributed by atoms with E-state index >= 15 is 0 Å². The smallest absolute Gasteiger partial charge is 0.168 e. The van der Waals surface area contributed by atoms with Crippen molar-refractivity contribution in [2.45, 2.75) is 25.7 Å². The van der Waals surface area contributed by atoms with Gasteiger partial charge in [0.25, 0.3) is 0 Å². The molecule has 1 saturated heterocycles. The van der Waals surface area contributed by atoms with Crippen molar-refractivity contribution in [2.24, 2.45) is 0 Å². The average Bonchev–Trinajstić information content (AvgIpc) is 2.84. The van der Waals surface area contributed by atoms with Crippen molar-refractivity contribution >= 4 is 10.9 Å². The monoisotopic (exact) mass is 284 g/mol. The number of rotatable bonds is 1. The van der Waals surface area contributed by atoms with Crippen LogP contribution < -0.4 is 5.32 Å². The summed E-state index contributed by atoms with van der Waals surface area (Å²) in [6.45, 7) is 3.81. The Hall–Kier alpha value is -1.49. The van der Waals surface area contributed by atoms with Crippen LogP contribution in [0, 0.1) is 18.6 Å². The maximum absolute atomic E-state index is 13.8. The molecular formula is C15H19F3N2. The summed E-state index contributed by atoms with van der Waals surface area (Å²) in [7, 11) is 0.500. The van der Waals surface area contributed by atoms with Crippen molar-refractivity contribution < 1.29 is 13.2 Å². The molecular weight excluding hydrogens is 265 g/mol. The summed E-state index contributed by atoms with van der Waals surface area (Å²) in [6.07, 6.45) is 2.21. The van der Waals surface area contributed by atoms with E-state index in [-0.39, 0.29) is 0 Å².